The fraction of sp³-hybridized carbons (Fsp3) is 0.500. The molecule has 2 fully saturated rings. The number of rotatable bonds is 5. The van der Waals surface area contributed by atoms with Crippen LogP contribution < -0.4 is 10.6 Å². The van der Waals surface area contributed by atoms with Crippen molar-refractivity contribution in [3.8, 4) is 0 Å². The molecule has 7 heteroatoms. The van der Waals surface area contributed by atoms with Crippen LogP contribution >= 0.6 is 0 Å². The molecule has 4 aliphatic rings. The van der Waals surface area contributed by atoms with Crippen molar-refractivity contribution in [1.82, 2.24) is 20.1 Å². The second kappa shape index (κ2) is 9.28. The summed E-state index contributed by atoms with van der Waals surface area (Å²) in [5.41, 5.74) is 7.52. The van der Waals surface area contributed by atoms with Gasteiger partial charge in [0.05, 0.1) is 11.1 Å². The molecule has 0 radical (unpaired) electrons. The van der Waals surface area contributed by atoms with E-state index in [-0.39, 0.29) is 11.8 Å². The normalized spacial score (nSPS) is 22.1. The smallest absolute Gasteiger partial charge is 0.256 e. The lowest BCUT2D eigenvalue weighted by Gasteiger charge is -2.29. The van der Waals surface area contributed by atoms with Gasteiger partial charge in [-0.25, -0.2) is 0 Å². The predicted molar refractivity (Wildman–Crippen MR) is 139 cm³/mol. The maximum atomic E-state index is 13.4. The van der Waals surface area contributed by atoms with Crippen LogP contribution in [0.2, 0.25) is 0 Å². The molecule has 2 saturated heterocycles. The summed E-state index contributed by atoms with van der Waals surface area (Å²) in [6.07, 6.45) is 7.49. The minimum absolute atomic E-state index is 0.0630. The standard InChI is InChI=1S/C28H35N5O2/c1-18-24(30-23-9-14-33(28(35)25(18)23)16-15-32-12-2-3-13-32)17-21-26-20(19-7-10-29-11-8-19)5-4-6-22(26)31-27(21)34/h4-6,17,19,29-30H,2-3,7-16H2,1H3,(H,31,34)/b21-17-. The molecule has 3 N–H and O–H groups in total. The van der Waals surface area contributed by atoms with Gasteiger partial charge < -0.3 is 25.4 Å². The summed E-state index contributed by atoms with van der Waals surface area (Å²) < 4.78 is 0. The molecule has 2 aromatic rings. The Bertz CT molecular complexity index is 1180. The van der Waals surface area contributed by atoms with Crippen LogP contribution in [0, 0.1) is 6.92 Å². The number of hydrogen-bond donors (Lipinski definition) is 3. The number of aromatic amines is 1. The number of amides is 2. The Kier molecular flexibility index (Phi) is 5.98. The van der Waals surface area contributed by atoms with E-state index >= 15 is 0 Å². The summed E-state index contributed by atoms with van der Waals surface area (Å²) in [5, 5.41) is 6.51. The molecular formula is C28H35N5O2. The molecular weight excluding hydrogens is 438 g/mol. The first kappa shape index (κ1) is 22.6. The quantitative estimate of drug-likeness (QED) is 0.582. The molecule has 0 saturated carbocycles. The minimum Gasteiger partial charge on any atom is -0.358 e. The molecule has 7 nitrogen and oxygen atoms in total. The summed E-state index contributed by atoms with van der Waals surface area (Å²) in [4.78, 5) is 34.4. The summed E-state index contributed by atoms with van der Waals surface area (Å²) in [6.45, 7) is 8.82. The summed E-state index contributed by atoms with van der Waals surface area (Å²) in [5.74, 6) is 0.508. The molecule has 1 aromatic heterocycles. The number of carbonyl (C=O) groups is 2. The number of nitrogens with zero attached hydrogens (tertiary/aromatic N) is 2. The van der Waals surface area contributed by atoms with Crippen molar-refractivity contribution in [3.05, 3.63) is 51.8 Å². The third kappa shape index (κ3) is 4.10. The Hall–Kier alpha value is -2.90. The van der Waals surface area contributed by atoms with Crippen LogP contribution in [-0.2, 0) is 11.2 Å². The van der Waals surface area contributed by atoms with Crippen LogP contribution in [-0.4, -0.2) is 72.4 Å². The molecule has 0 spiro atoms. The number of anilines is 1. The van der Waals surface area contributed by atoms with Crippen molar-refractivity contribution in [2.24, 2.45) is 0 Å². The third-order valence-electron chi connectivity index (χ3n) is 8.31. The highest BCUT2D eigenvalue weighted by molar-refractivity contribution is 6.35. The molecule has 184 valence electrons. The van der Waals surface area contributed by atoms with Crippen molar-refractivity contribution in [3.63, 3.8) is 0 Å². The average molecular weight is 474 g/mol. The fourth-order valence-corrected chi connectivity index (χ4v) is 6.32. The SMILES string of the molecule is Cc1c(/C=C2\C(=O)Nc3cccc(C4CCNCC4)c32)[nH]c2c1C(=O)N(CCN1CCCC1)CC2. The Morgan fingerprint density at radius 3 is 2.63 bits per heavy atom. The Labute approximate surface area is 206 Å². The number of H-pyrrole nitrogens is 1. The maximum Gasteiger partial charge on any atom is 0.256 e. The van der Waals surface area contributed by atoms with Crippen molar-refractivity contribution < 1.29 is 9.59 Å². The number of nitrogens with one attached hydrogen (secondary N) is 3. The number of hydrogen-bond acceptors (Lipinski definition) is 4. The maximum absolute atomic E-state index is 13.4. The van der Waals surface area contributed by atoms with Crippen molar-refractivity contribution >= 4 is 29.2 Å². The van der Waals surface area contributed by atoms with Gasteiger partial charge in [0.2, 0.25) is 0 Å². The van der Waals surface area contributed by atoms with Gasteiger partial charge in [-0.3, -0.25) is 9.59 Å². The van der Waals surface area contributed by atoms with E-state index in [0.717, 1.165) is 98.8 Å². The number of carbonyl (C=O) groups excluding carboxylic acids is 2. The molecule has 0 unspecified atom stereocenters. The van der Waals surface area contributed by atoms with Gasteiger partial charge in [-0.2, -0.15) is 0 Å². The van der Waals surface area contributed by atoms with Crippen LogP contribution in [0.25, 0.3) is 11.6 Å². The van der Waals surface area contributed by atoms with Crippen LogP contribution in [0.3, 0.4) is 0 Å². The monoisotopic (exact) mass is 473 g/mol. The van der Waals surface area contributed by atoms with Crippen LogP contribution in [0.4, 0.5) is 5.69 Å². The lowest BCUT2D eigenvalue weighted by atomic mass is 9.85. The molecule has 6 rings (SSSR count). The molecule has 1 aromatic carbocycles. The van der Waals surface area contributed by atoms with Gasteiger partial charge in [-0.15, -0.1) is 0 Å². The highest BCUT2D eigenvalue weighted by Crippen LogP contribution is 2.41. The van der Waals surface area contributed by atoms with E-state index in [1.54, 1.807) is 0 Å². The number of likely N-dealkylation sites (tertiary alicyclic amines) is 1. The second-order valence-corrected chi connectivity index (χ2v) is 10.4. The topological polar surface area (TPSA) is 80.5 Å². The van der Waals surface area contributed by atoms with E-state index in [2.05, 4.69) is 26.6 Å². The van der Waals surface area contributed by atoms with E-state index < -0.39 is 0 Å². The van der Waals surface area contributed by atoms with Gasteiger partial charge in [0.25, 0.3) is 11.8 Å². The Balaban J connectivity index is 1.30. The first-order valence-corrected chi connectivity index (χ1v) is 13.2. The highest BCUT2D eigenvalue weighted by atomic mass is 16.2. The van der Waals surface area contributed by atoms with Crippen molar-refractivity contribution in [2.75, 3.05) is 51.1 Å². The summed E-state index contributed by atoms with van der Waals surface area (Å²) >= 11 is 0. The molecule has 35 heavy (non-hydrogen) atoms. The van der Waals surface area contributed by atoms with E-state index in [1.807, 2.05) is 30.0 Å². The van der Waals surface area contributed by atoms with Crippen LogP contribution in [0.15, 0.2) is 18.2 Å². The number of piperidine rings is 1. The van der Waals surface area contributed by atoms with Gasteiger partial charge in [0, 0.05) is 48.7 Å². The van der Waals surface area contributed by atoms with Crippen molar-refractivity contribution in [2.45, 2.75) is 44.9 Å². The first-order chi connectivity index (χ1) is 17.1. The van der Waals surface area contributed by atoms with Gasteiger partial charge in [0.15, 0.2) is 0 Å². The fourth-order valence-electron chi connectivity index (χ4n) is 6.32. The van der Waals surface area contributed by atoms with Crippen molar-refractivity contribution in [1.29, 1.82) is 0 Å². The van der Waals surface area contributed by atoms with Gasteiger partial charge in [-0.1, -0.05) is 12.1 Å². The lowest BCUT2D eigenvalue weighted by Crippen LogP contribution is -2.42. The zero-order valence-electron chi connectivity index (χ0n) is 20.6. The van der Waals surface area contributed by atoms with Gasteiger partial charge in [-0.05, 0) is 88.0 Å². The molecule has 0 aliphatic carbocycles. The number of fused-ring (bicyclic) bond motifs is 2. The highest BCUT2D eigenvalue weighted by Gasteiger charge is 2.32. The van der Waals surface area contributed by atoms with E-state index in [9.17, 15) is 9.59 Å². The number of aromatic nitrogens is 1. The third-order valence-corrected chi connectivity index (χ3v) is 8.31. The van der Waals surface area contributed by atoms with Crippen LogP contribution in [0.5, 0.6) is 0 Å². The zero-order chi connectivity index (χ0) is 23.9. The lowest BCUT2D eigenvalue weighted by molar-refractivity contribution is -0.110. The average Bonchev–Trinajstić information content (AvgIpc) is 3.58. The van der Waals surface area contributed by atoms with Crippen LogP contribution in [0.1, 0.15) is 70.0 Å². The molecule has 2 amide bonds. The largest absolute Gasteiger partial charge is 0.358 e. The van der Waals surface area contributed by atoms with E-state index in [4.69, 9.17) is 0 Å². The van der Waals surface area contributed by atoms with E-state index in [1.165, 1.54) is 18.4 Å². The number of benzene rings is 1. The van der Waals surface area contributed by atoms with Gasteiger partial charge in [0.1, 0.15) is 0 Å². The summed E-state index contributed by atoms with van der Waals surface area (Å²) in [6, 6.07) is 6.22. The Morgan fingerprint density at radius 2 is 1.83 bits per heavy atom. The van der Waals surface area contributed by atoms with E-state index in [0.29, 0.717) is 11.5 Å². The molecule has 4 aliphatic heterocycles. The molecule has 0 atom stereocenters. The Morgan fingerprint density at radius 1 is 1.03 bits per heavy atom. The molecule has 0 bridgehead atoms. The zero-order valence-corrected chi connectivity index (χ0v) is 20.6. The summed E-state index contributed by atoms with van der Waals surface area (Å²) in [7, 11) is 0. The second-order valence-electron chi connectivity index (χ2n) is 10.4. The molecule has 5 heterocycles. The van der Waals surface area contributed by atoms with Gasteiger partial charge >= 0.3 is 0 Å². The predicted octanol–water partition coefficient (Wildman–Crippen LogP) is 3.38. The first-order valence-electron chi connectivity index (χ1n) is 13.2. The minimum atomic E-state index is -0.0630.